The van der Waals surface area contributed by atoms with Gasteiger partial charge in [-0.15, -0.1) is 11.8 Å². The Balaban J connectivity index is 2.15. The summed E-state index contributed by atoms with van der Waals surface area (Å²) in [4.78, 5) is 34.3. The van der Waals surface area contributed by atoms with Crippen LogP contribution in [0.3, 0.4) is 0 Å². The molecule has 0 aliphatic heterocycles. The maximum Gasteiger partial charge on any atom is 0.332 e. The second-order valence-corrected chi connectivity index (χ2v) is 8.97. The molecule has 2 aromatic heterocycles. The van der Waals surface area contributed by atoms with Gasteiger partial charge >= 0.3 is 5.69 Å². The average molecular weight is 402 g/mol. The van der Waals surface area contributed by atoms with Crippen LogP contribution in [-0.4, -0.2) is 19.1 Å². The fraction of sp³-hybridized carbons (Fsp3) is 0.400. The summed E-state index contributed by atoms with van der Waals surface area (Å²) in [7, 11) is 3.05. The van der Waals surface area contributed by atoms with Crippen molar-refractivity contribution in [3.05, 3.63) is 62.3 Å². The van der Waals surface area contributed by atoms with Gasteiger partial charge in [0.25, 0.3) is 5.56 Å². The lowest BCUT2D eigenvalue weighted by Gasteiger charge is -2.18. The van der Waals surface area contributed by atoms with Crippen LogP contribution >= 0.6 is 11.8 Å². The normalized spacial score (nSPS) is 11.9. The van der Waals surface area contributed by atoms with E-state index in [1.54, 1.807) is 19.2 Å². The quantitative estimate of drug-likeness (QED) is 0.496. The highest BCUT2D eigenvalue weighted by molar-refractivity contribution is 7.98. The number of halogens is 1. The summed E-state index contributed by atoms with van der Waals surface area (Å²) in [6.07, 6.45) is 0.608. The lowest BCUT2D eigenvalue weighted by atomic mass is 9.92. The summed E-state index contributed by atoms with van der Waals surface area (Å²) in [5.74, 6) is 0.815. The van der Waals surface area contributed by atoms with Crippen LogP contribution in [0.25, 0.3) is 11.0 Å². The van der Waals surface area contributed by atoms with E-state index in [1.807, 2.05) is 0 Å². The van der Waals surface area contributed by atoms with Gasteiger partial charge in [0.2, 0.25) is 0 Å². The zero-order chi connectivity index (χ0) is 20.6. The van der Waals surface area contributed by atoms with Crippen LogP contribution in [0.4, 0.5) is 4.39 Å². The van der Waals surface area contributed by atoms with Gasteiger partial charge in [-0.05, 0) is 23.1 Å². The molecule has 3 aromatic rings. The largest absolute Gasteiger partial charge is 0.332 e. The molecule has 0 unspecified atom stereocenters. The van der Waals surface area contributed by atoms with Gasteiger partial charge in [-0.25, -0.2) is 19.2 Å². The molecule has 0 radical (unpaired) electrons. The van der Waals surface area contributed by atoms with Gasteiger partial charge in [-0.2, -0.15) is 0 Å². The molecule has 28 heavy (non-hydrogen) atoms. The van der Waals surface area contributed by atoms with Gasteiger partial charge < -0.3 is 0 Å². The van der Waals surface area contributed by atoms with Crippen molar-refractivity contribution in [2.45, 2.75) is 38.0 Å². The van der Waals surface area contributed by atoms with Crippen LogP contribution < -0.4 is 11.2 Å². The smallest absolute Gasteiger partial charge is 0.280 e. The van der Waals surface area contributed by atoms with Gasteiger partial charge in [0.1, 0.15) is 22.1 Å². The minimum atomic E-state index is -0.424. The zero-order valence-corrected chi connectivity index (χ0v) is 17.4. The number of hydrogen-bond acceptors (Lipinski definition) is 5. The molecular formula is C20H23FN4O2S. The van der Waals surface area contributed by atoms with Crippen molar-refractivity contribution >= 4 is 22.8 Å². The van der Waals surface area contributed by atoms with E-state index in [0.717, 1.165) is 10.1 Å². The molecule has 2 heterocycles. The molecule has 0 atom stereocenters. The summed E-state index contributed by atoms with van der Waals surface area (Å²) < 4.78 is 15.6. The van der Waals surface area contributed by atoms with Gasteiger partial charge in [-0.1, -0.05) is 32.9 Å². The summed E-state index contributed by atoms with van der Waals surface area (Å²) in [6.45, 7) is 6.23. The molecule has 0 saturated heterocycles. The Kier molecular flexibility index (Phi) is 5.43. The number of fused-ring (bicyclic) bond motifs is 1. The van der Waals surface area contributed by atoms with Gasteiger partial charge in [0.15, 0.2) is 5.65 Å². The van der Waals surface area contributed by atoms with Crippen LogP contribution in [0.5, 0.6) is 0 Å². The molecule has 0 N–H and O–H groups in total. The fourth-order valence-corrected chi connectivity index (χ4v) is 3.85. The van der Waals surface area contributed by atoms with Crippen molar-refractivity contribution in [3.8, 4) is 0 Å². The molecular weight excluding hydrogens is 379 g/mol. The highest BCUT2D eigenvalue weighted by Gasteiger charge is 2.20. The molecule has 0 saturated carbocycles. The monoisotopic (exact) mass is 402 g/mol. The summed E-state index contributed by atoms with van der Waals surface area (Å²) in [6, 6.07) is 6.22. The van der Waals surface area contributed by atoms with Crippen molar-refractivity contribution in [1.29, 1.82) is 0 Å². The number of benzene rings is 1. The Morgan fingerprint density at radius 2 is 1.68 bits per heavy atom. The average Bonchev–Trinajstić information content (AvgIpc) is 2.62. The summed E-state index contributed by atoms with van der Waals surface area (Å²) >= 11 is 1.38. The number of thioether (sulfide) groups is 1. The van der Waals surface area contributed by atoms with Crippen LogP contribution in [0.1, 0.15) is 32.2 Å². The molecule has 3 rings (SSSR count). The molecule has 148 valence electrons. The lowest BCUT2D eigenvalue weighted by molar-refractivity contribution is 0.399. The molecule has 0 bridgehead atoms. The Hall–Kier alpha value is -2.48. The first-order chi connectivity index (χ1) is 13.1. The third-order valence-corrected chi connectivity index (χ3v) is 5.34. The first kappa shape index (κ1) is 20.3. The molecule has 0 amide bonds. The minimum Gasteiger partial charge on any atom is -0.280 e. The highest BCUT2D eigenvalue weighted by atomic mass is 32.2. The van der Waals surface area contributed by atoms with Crippen LogP contribution in [-0.2, 0) is 26.3 Å². The van der Waals surface area contributed by atoms with Crippen LogP contribution in [0, 0.1) is 11.2 Å². The zero-order valence-electron chi connectivity index (χ0n) is 16.6. The first-order valence-corrected chi connectivity index (χ1v) is 9.89. The number of aromatic nitrogens is 4. The second kappa shape index (κ2) is 7.50. The third kappa shape index (κ3) is 4.16. The van der Waals surface area contributed by atoms with E-state index in [1.165, 1.54) is 35.5 Å². The van der Waals surface area contributed by atoms with Crippen molar-refractivity contribution in [2.24, 2.45) is 19.5 Å². The molecule has 1 aromatic carbocycles. The molecule has 0 aliphatic carbocycles. The van der Waals surface area contributed by atoms with Crippen molar-refractivity contribution < 1.29 is 4.39 Å². The van der Waals surface area contributed by atoms with Gasteiger partial charge in [-0.3, -0.25) is 13.9 Å². The predicted molar refractivity (Wildman–Crippen MR) is 109 cm³/mol. The topological polar surface area (TPSA) is 69.8 Å². The minimum absolute atomic E-state index is 0.0504. The summed E-state index contributed by atoms with van der Waals surface area (Å²) in [5.41, 5.74) is 0.362. The van der Waals surface area contributed by atoms with E-state index in [9.17, 15) is 14.0 Å². The number of hydrogen-bond donors (Lipinski definition) is 0. The van der Waals surface area contributed by atoms with Crippen molar-refractivity contribution in [2.75, 3.05) is 0 Å². The Morgan fingerprint density at radius 1 is 1.04 bits per heavy atom. The maximum atomic E-state index is 13.1. The third-order valence-electron chi connectivity index (χ3n) is 4.29. The van der Waals surface area contributed by atoms with E-state index in [2.05, 4.69) is 30.7 Å². The number of rotatable bonds is 4. The molecule has 0 aliphatic rings. The highest BCUT2D eigenvalue weighted by Crippen LogP contribution is 2.27. The molecule has 0 fully saturated rings. The fourth-order valence-electron chi connectivity index (χ4n) is 2.86. The lowest BCUT2D eigenvalue weighted by Crippen LogP contribution is -2.38. The first-order valence-electron chi connectivity index (χ1n) is 8.91. The Bertz CT molecular complexity index is 1140. The maximum absolute atomic E-state index is 13.1. The molecule has 0 spiro atoms. The van der Waals surface area contributed by atoms with Crippen LogP contribution in [0.2, 0.25) is 0 Å². The number of aryl methyl sites for hydroxylation is 1. The van der Waals surface area contributed by atoms with Crippen LogP contribution in [0.15, 0.2) is 38.9 Å². The van der Waals surface area contributed by atoms with E-state index >= 15 is 0 Å². The van der Waals surface area contributed by atoms with E-state index in [4.69, 9.17) is 0 Å². The molecule has 8 heteroatoms. The second-order valence-electron chi connectivity index (χ2n) is 8.00. The SMILES string of the molecule is Cn1c(=O)c2c(SCc3ccc(F)cc3)nc(CC(C)(C)C)nc2n(C)c1=O. The van der Waals surface area contributed by atoms with E-state index in [0.29, 0.717) is 34.1 Å². The Labute approximate surface area is 166 Å². The summed E-state index contributed by atoms with van der Waals surface area (Å²) in [5, 5.41) is 0.860. The standard InChI is InChI=1S/C20H23FN4O2S/c1-20(2,3)10-14-22-16-15(18(26)25(5)19(27)24(16)4)17(23-14)28-11-12-6-8-13(21)9-7-12/h6-9H,10-11H2,1-5H3. The Morgan fingerprint density at radius 3 is 2.29 bits per heavy atom. The van der Waals surface area contributed by atoms with Gasteiger partial charge in [0.05, 0.1) is 0 Å². The molecule has 6 nitrogen and oxygen atoms in total. The van der Waals surface area contributed by atoms with E-state index < -0.39 is 11.2 Å². The van der Waals surface area contributed by atoms with Crippen molar-refractivity contribution in [3.63, 3.8) is 0 Å². The van der Waals surface area contributed by atoms with Gasteiger partial charge in [0, 0.05) is 26.3 Å². The van der Waals surface area contributed by atoms with Crippen molar-refractivity contribution in [1.82, 2.24) is 19.1 Å². The number of nitrogens with zero attached hydrogens (tertiary/aromatic N) is 4. The van der Waals surface area contributed by atoms with E-state index in [-0.39, 0.29) is 11.2 Å². The predicted octanol–water partition coefficient (Wildman–Crippen LogP) is 3.05.